The van der Waals surface area contributed by atoms with Crippen molar-refractivity contribution in [2.75, 3.05) is 11.4 Å². The maximum absolute atomic E-state index is 12.5. The van der Waals surface area contributed by atoms with Crippen LogP contribution in [0.1, 0.15) is 22.3 Å². The molecule has 1 heterocycles. The number of carbonyl (C=O) groups is 2. The van der Waals surface area contributed by atoms with Crippen molar-refractivity contribution in [3.05, 3.63) is 64.7 Å². The largest absolute Gasteiger partial charge is 0.311 e. The van der Waals surface area contributed by atoms with E-state index in [1.54, 1.807) is 23.1 Å². The summed E-state index contributed by atoms with van der Waals surface area (Å²) in [7, 11) is 0. The Morgan fingerprint density at radius 1 is 1.14 bits per heavy atom. The van der Waals surface area contributed by atoms with Crippen LogP contribution in [-0.2, 0) is 11.2 Å². The first-order valence-electron chi connectivity index (χ1n) is 6.82. The Labute approximate surface area is 128 Å². The maximum atomic E-state index is 12.5. The van der Waals surface area contributed by atoms with E-state index in [4.69, 9.17) is 11.6 Å². The molecule has 0 aromatic heterocycles. The topological polar surface area (TPSA) is 37.4 Å². The van der Waals surface area contributed by atoms with Gasteiger partial charge < -0.3 is 4.90 Å². The maximum Gasteiger partial charge on any atom is 0.231 e. The number of amides is 1. The number of halogens is 1. The van der Waals surface area contributed by atoms with E-state index in [1.807, 2.05) is 30.3 Å². The summed E-state index contributed by atoms with van der Waals surface area (Å²) in [5.74, 6) is 0.0784. The third-order valence-electron chi connectivity index (χ3n) is 3.60. The van der Waals surface area contributed by atoms with Crippen LogP contribution in [0.4, 0.5) is 5.69 Å². The summed E-state index contributed by atoms with van der Waals surface area (Å²) < 4.78 is 0. The summed E-state index contributed by atoms with van der Waals surface area (Å²) >= 11 is 5.94. The molecule has 3 nitrogen and oxygen atoms in total. The molecule has 0 saturated carbocycles. The normalized spacial score (nSPS) is 14.0. The first-order valence-corrected chi connectivity index (χ1v) is 7.20. The molecule has 0 unspecified atom stereocenters. The summed E-state index contributed by atoms with van der Waals surface area (Å²) in [4.78, 5) is 26.1. The second kappa shape index (κ2) is 5.70. The monoisotopic (exact) mass is 299 g/mol. The van der Waals surface area contributed by atoms with Crippen molar-refractivity contribution < 1.29 is 9.59 Å². The Hall–Kier alpha value is -2.13. The van der Waals surface area contributed by atoms with Gasteiger partial charge in [0.1, 0.15) is 0 Å². The van der Waals surface area contributed by atoms with Crippen LogP contribution in [0.2, 0.25) is 5.02 Å². The van der Waals surface area contributed by atoms with Crippen molar-refractivity contribution in [2.45, 2.75) is 12.8 Å². The molecule has 0 aliphatic carbocycles. The number of Topliss-reactive ketones (excluding diaryl/α,β-unsaturated/α-hetero) is 1. The van der Waals surface area contributed by atoms with Gasteiger partial charge in [-0.05, 0) is 29.8 Å². The van der Waals surface area contributed by atoms with Crippen LogP contribution in [0.3, 0.4) is 0 Å². The van der Waals surface area contributed by atoms with E-state index < -0.39 is 0 Å². The van der Waals surface area contributed by atoms with Gasteiger partial charge >= 0.3 is 0 Å². The zero-order valence-electron chi connectivity index (χ0n) is 11.4. The molecule has 0 radical (unpaired) electrons. The van der Waals surface area contributed by atoms with Crippen molar-refractivity contribution in [3.63, 3.8) is 0 Å². The highest BCUT2D eigenvalue weighted by Gasteiger charge is 2.26. The van der Waals surface area contributed by atoms with Crippen molar-refractivity contribution >= 4 is 29.0 Å². The quantitative estimate of drug-likeness (QED) is 0.851. The molecule has 1 aliphatic rings. The van der Waals surface area contributed by atoms with Crippen molar-refractivity contribution in [1.29, 1.82) is 0 Å². The zero-order chi connectivity index (χ0) is 14.8. The number of fused-ring (bicyclic) bond motifs is 1. The number of anilines is 1. The molecule has 2 aromatic carbocycles. The van der Waals surface area contributed by atoms with Crippen LogP contribution in [-0.4, -0.2) is 18.2 Å². The lowest BCUT2D eigenvalue weighted by atomic mass is 9.99. The molecule has 21 heavy (non-hydrogen) atoms. The highest BCUT2D eigenvalue weighted by Crippen LogP contribution is 2.27. The molecule has 0 saturated heterocycles. The molecule has 0 bridgehead atoms. The first kappa shape index (κ1) is 13.8. The number of nitrogens with zero attached hydrogens (tertiary/aromatic N) is 1. The third-order valence-corrected chi connectivity index (χ3v) is 3.84. The van der Waals surface area contributed by atoms with Crippen LogP contribution >= 0.6 is 11.6 Å². The lowest BCUT2D eigenvalue weighted by Gasteiger charge is -2.28. The molecule has 1 aliphatic heterocycles. The average molecular weight is 300 g/mol. The van der Waals surface area contributed by atoms with Gasteiger partial charge in [-0.2, -0.15) is 0 Å². The summed E-state index contributed by atoms with van der Waals surface area (Å²) in [6.07, 6.45) is 0.654. The van der Waals surface area contributed by atoms with Gasteiger partial charge in [0.15, 0.2) is 5.78 Å². The number of rotatable bonds is 2. The lowest BCUT2D eigenvalue weighted by molar-refractivity contribution is -0.118. The van der Waals surface area contributed by atoms with Crippen molar-refractivity contribution in [3.8, 4) is 0 Å². The van der Waals surface area contributed by atoms with Crippen LogP contribution in [0.25, 0.3) is 0 Å². The highest BCUT2D eigenvalue weighted by atomic mass is 35.5. The molecule has 0 spiro atoms. The van der Waals surface area contributed by atoms with Crippen molar-refractivity contribution in [2.24, 2.45) is 0 Å². The fourth-order valence-corrected chi connectivity index (χ4v) is 2.80. The van der Waals surface area contributed by atoms with E-state index in [9.17, 15) is 9.59 Å². The summed E-state index contributed by atoms with van der Waals surface area (Å²) in [6, 6.07) is 14.5. The Balaban J connectivity index is 1.86. The van der Waals surface area contributed by atoms with E-state index in [-0.39, 0.29) is 18.1 Å². The third kappa shape index (κ3) is 2.83. The fourth-order valence-electron chi connectivity index (χ4n) is 2.59. The van der Waals surface area contributed by atoms with E-state index in [2.05, 4.69) is 0 Å². The van der Waals surface area contributed by atoms with E-state index in [1.165, 1.54) is 0 Å². The Kier molecular flexibility index (Phi) is 3.76. The minimum absolute atomic E-state index is 0.0165. The second-order valence-electron chi connectivity index (χ2n) is 5.04. The summed E-state index contributed by atoms with van der Waals surface area (Å²) in [5, 5.41) is 0.620. The predicted octanol–water partition coefficient (Wildman–Crippen LogP) is 3.50. The molecule has 0 fully saturated rings. The van der Waals surface area contributed by atoms with Crippen LogP contribution in [0, 0.1) is 0 Å². The summed E-state index contributed by atoms with van der Waals surface area (Å²) in [5.41, 5.74) is 2.21. The van der Waals surface area contributed by atoms with Gasteiger partial charge in [0, 0.05) is 23.6 Å². The molecule has 3 rings (SSSR count). The number of carbonyl (C=O) groups excluding carboxylic acids is 2. The number of ketones is 1. The second-order valence-corrected chi connectivity index (χ2v) is 5.48. The van der Waals surface area contributed by atoms with Gasteiger partial charge in [-0.25, -0.2) is 0 Å². The standard InChI is InChI=1S/C17H14ClNO2/c18-13-5-3-4-12(10-13)11-17(21)19-9-8-16(20)14-6-1-2-7-15(14)19/h1-7,10H,8-9,11H2. The Morgan fingerprint density at radius 3 is 2.76 bits per heavy atom. The molecule has 1 amide bonds. The minimum atomic E-state index is -0.0165. The van der Waals surface area contributed by atoms with Gasteiger partial charge in [-0.3, -0.25) is 9.59 Å². The van der Waals surface area contributed by atoms with Gasteiger partial charge in [0.05, 0.1) is 12.1 Å². The molecule has 0 N–H and O–H groups in total. The summed E-state index contributed by atoms with van der Waals surface area (Å²) in [6.45, 7) is 0.440. The number of benzene rings is 2. The molecule has 2 aromatic rings. The van der Waals surface area contributed by atoms with Crippen LogP contribution in [0.5, 0.6) is 0 Å². The average Bonchev–Trinajstić information content (AvgIpc) is 2.48. The molecule has 0 atom stereocenters. The Bertz CT molecular complexity index is 711. The number of para-hydroxylation sites is 1. The fraction of sp³-hybridized carbons (Fsp3) is 0.176. The highest BCUT2D eigenvalue weighted by molar-refractivity contribution is 6.30. The SMILES string of the molecule is O=C1CCN(C(=O)Cc2cccc(Cl)c2)c2ccccc21. The lowest BCUT2D eigenvalue weighted by Crippen LogP contribution is -2.38. The van der Waals surface area contributed by atoms with Gasteiger partial charge in [0.25, 0.3) is 0 Å². The van der Waals surface area contributed by atoms with Crippen molar-refractivity contribution in [1.82, 2.24) is 0 Å². The van der Waals surface area contributed by atoms with E-state index in [0.717, 1.165) is 5.56 Å². The number of hydrogen-bond acceptors (Lipinski definition) is 2. The van der Waals surface area contributed by atoms with E-state index in [0.29, 0.717) is 29.2 Å². The smallest absolute Gasteiger partial charge is 0.231 e. The van der Waals surface area contributed by atoms with Gasteiger partial charge in [-0.15, -0.1) is 0 Å². The van der Waals surface area contributed by atoms with Gasteiger partial charge in [0.2, 0.25) is 5.91 Å². The predicted molar refractivity (Wildman–Crippen MR) is 82.9 cm³/mol. The molecule has 4 heteroatoms. The molecule has 106 valence electrons. The first-order chi connectivity index (χ1) is 10.1. The molecular formula is C17H14ClNO2. The molecular weight excluding hydrogens is 286 g/mol. The zero-order valence-corrected chi connectivity index (χ0v) is 12.1. The number of hydrogen-bond donors (Lipinski definition) is 0. The Morgan fingerprint density at radius 2 is 1.95 bits per heavy atom. The van der Waals surface area contributed by atoms with Crippen LogP contribution in [0.15, 0.2) is 48.5 Å². The minimum Gasteiger partial charge on any atom is -0.311 e. The van der Waals surface area contributed by atoms with Gasteiger partial charge in [-0.1, -0.05) is 35.9 Å². The van der Waals surface area contributed by atoms with Crippen LogP contribution < -0.4 is 4.90 Å². The van der Waals surface area contributed by atoms with E-state index >= 15 is 0 Å².